The van der Waals surface area contributed by atoms with Gasteiger partial charge in [0.15, 0.2) is 5.79 Å². The molecule has 0 amide bonds. The molecule has 5 rings (SSSR count). The third-order valence-corrected chi connectivity index (χ3v) is 6.89. The van der Waals surface area contributed by atoms with Crippen molar-refractivity contribution in [3.8, 4) is 6.07 Å². The van der Waals surface area contributed by atoms with E-state index in [9.17, 15) is 15.4 Å². The standard InChI is InChI=1S/C28H27N3O4/c29-18-20-13-14-25(31(32)33)24(16-20)30-19-21-8-7-15-28(17-21)34-26(22-9-3-1-4-10-22)27(35-28)23-11-5-2-6-12-23/h1-6,9-14,16,21,26-27,30H,7-8,15,17,19H2/t21-,26+,27+/m0/s1. The van der Waals surface area contributed by atoms with Crippen LogP contribution in [0, 0.1) is 27.4 Å². The van der Waals surface area contributed by atoms with Gasteiger partial charge in [-0.05, 0) is 42.0 Å². The quantitative estimate of drug-likeness (QED) is 0.336. The fraction of sp³-hybridized carbons (Fsp3) is 0.321. The molecule has 2 aliphatic rings. The summed E-state index contributed by atoms with van der Waals surface area (Å²) in [5.74, 6) is -0.494. The van der Waals surface area contributed by atoms with E-state index in [2.05, 4.69) is 29.6 Å². The number of hydrogen-bond donors (Lipinski definition) is 1. The number of ether oxygens (including phenoxy) is 2. The third kappa shape index (κ3) is 4.90. The Morgan fingerprint density at radius 2 is 1.63 bits per heavy atom. The Hall–Kier alpha value is -3.73. The first-order chi connectivity index (χ1) is 17.1. The molecule has 178 valence electrons. The van der Waals surface area contributed by atoms with E-state index in [-0.39, 0.29) is 23.8 Å². The van der Waals surface area contributed by atoms with Crippen LogP contribution in [0.15, 0.2) is 78.9 Å². The Kier molecular flexibility index (Phi) is 6.49. The van der Waals surface area contributed by atoms with Crippen molar-refractivity contribution in [2.45, 2.75) is 43.7 Å². The first-order valence-corrected chi connectivity index (χ1v) is 11.9. The second kappa shape index (κ2) is 9.87. The molecule has 1 aliphatic carbocycles. The van der Waals surface area contributed by atoms with Gasteiger partial charge in [-0.3, -0.25) is 10.1 Å². The summed E-state index contributed by atoms with van der Waals surface area (Å²) in [5.41, 5.74) is 2.89. The molecule has 3 aromatic carbocycles. The first-order valence-electron chi connectivity index (χ1n) is 11.9. The molecule has 1 spiro atoms. The van der Waals surface area contributed by atoms with E-state index >= 15 is 0 Å². The first kappa shape index (κ1) is 23.0. The van der Waals surface area contributed by atoms with Crippen molar-refractivity contribution in [2.75, 3.05) is 11.9 Å². The van der Waals surface area contributed by atoms with Gasteiger partial charge in [0.2, 0.25) is 0 Å². The maximum atomic E-state index is 11.5. The predicted molar refractivity (Wildman–Crippen MR) is 132 cm³/mol. The van der Waals surface area contributed by atoms with E-state index in [4.69, 9.17) is 9.47 Å². The number of anilines is 1. The Balaban J connectivity index is 1.35. The topological polar surface area (TPSA) is 97.4 Å². The van der Waals surface area contributed by atoms with Gasteiger partial charge in [-0.2, -0.15) is 5.26 Å². The molecular formula is C28H27N3O4. The van der Waals surface area contributed by atoms with Crippen LogP contribution >= 0.6 is 0 Å². The summed E-state index contributed by atoms with van der Waals surface area (Å²) in [7, 11) is 0. The maximum absolute atomic E-state index is 11.5. The van der Waals surface area contributed by atoms with Crippen LogP contribution in [0.4, 0.5) is 11.4 Å². The highest BCUT2D eigenvalue weighted by molar-refractivity contribution is 5.64. The normalized spacial score (nSPS) is 23.0. The molecule has 3 aromatic rings. The van der Waals surface area contributed by atoms with Crippen molar-refractivity contribution in [1.29, 1.82) is 5.26 Å². The Labute approximate surface area is 204 Å². The van der Waals surface area contributed by atoms with Crippen molar-refractivity contribution in [3.05, 3.63) is 106 Å². The minimum absolute atomic E-state index is 0.0313. The van der Waals surface area contributed by atoms with E-state index in [0.717, 1.165) is 30.4 Å². The second-order valence-corrected chi connectivity index (χ2v) is 9.25. The number of nitrogens with one attached hydrogen (secondary N) is 1. The zero-order chi connectivity index (χ0) is 24.3. The lowest BCUT2D eigenvalue weighted by molar-refractivity contribution is -0.384. The number of rotatable bonds is 6. The third-order valence-electron chi connectivity index (χ3n) is 6.89. The van der Waals surface area contributed by atoms with Gasteiger partial charge in [0.25, 0.3) is 5.69 Å². The zero-order valence-corrected chi connectivity index (χ0v) is 19.3. The molecule has 2 fully saturated rings. The zero-order valence-electron chi connectivity index (χ0n) is 19.3. The van der Waals surface area contributed by atoms with E-state index in [1.165, 1.54) is 18.2 Å². The number of nitriles is 1. The van der Waals surface area contributed by atoms with Crippen LogP contribution in [0.25, 0.3) is 0 Å². The number of nitro groups is 1. The van der Waals surface area contributed by atoms with E-state index in [1.807, 2.05) is 42.5 Å². The lowest BCUT2D eigenvalue weighted by Gasteiger charge is -2.37. The van der Waals surface area contributed by atoms with Crippen molar-refractivity contribution >= 4 is 11.4 Å². The Morgan fingerprint density at radius 1 is 1.00 bits per heavy atom. The van der Waals surface area contributed by atoms with Crippen LogP contribution in [-0.2, 0) is 9.47 Å². The van der Waals surface area contributed by atoms with Gasteiger partial charge in [0.05, 0.1) is 16.6 Å². The predicted octanol–water partition coefficient (Wildman–Crippen LogP) is 6.29. The van der Waals surface area contributed by atoms with Gasteiger partial charge in [-0.15, -0.1) is 0 Å². The molecule has 0 radical (unpaired) electrons. The summed E-state index contributed by atoms with van der Waals surface area (Å²) in [4.78, 5) is 11.0. The molecule has 1 heterocycles. The minimum atomic E-state index is -0.702. The highest BCUT2D eigenvalue weighted by Crippen LogP contribution is 2.53. The van der Waals surface area contributed by atoms with Crippen molar-refractivity contribution in [2.24, 2.45) is 5.92 Å². The molecule has 1 saturated carbocycles. The minimum Gasteiger partial charge on any atom is -0.379 e. The van der Waals surface area contributed by atoms with Crippen molar-refractivity contribution in [1.82, 2.24) is 0 Å². The van der Waals surface area contributed by atoms with Crippen molar-refractivity contribution in [3.63, 3.8) is 0 Å². The summed E-state index contributed by atoms with van der Waals surface area (Å²) >= 11 is 0. The summed E-state index contributed by atoms with van der Waals surface area (Å²) in [6.45, 7) is 0.538. The summed E-state index contributed by atoms with van der Waals surface area (Å²) < 4.78 is 13.4. The molecular weight excluding hydrogens is 442 g/mol. The van der Waals surface area contributed by atoms with Crippen molar-refractivity contribution < 1.29 is 14.4 Å². The molecule has 7 heteroatoms. The molecule has 1 N–H and O–H groups in total. The summed E-state index contributed by atoms with van der Waals surface area (Å²) in [6.07, 6.45) is 2.99. The Bertz CT molecular complexity index is 1180. The molecule has 0 unspecified atom stereocenters. The van der Waals surface area contributed by atoms with Gasteiger partial charge < -0.3 is 14.8 Å². The molecule has 3 atom stereocenters. The lowest BCUT2D eigenvalue weighted by atomic mass is 9.84. The van der Waals surface area contributed by atoms with Gasteiger partial charge in [0, 0.05) is 25.5 Å². The molecule has 1 saturated heterocycles. The van der Waals surface area contributed by atoms with Gasteiger partial charge in [-0.25, -0.2) is 0 Å². The van der Waals surface area contributed by atoms with Crippen LogP contribution in [0.3, 0.4) is 0 Å². The average molecular weight is 470 g/mol. The smallest absolute Gasteiger partial charge is 0.292 e. The van der Waals surface area contributed by atoms with Crippen LogP contribution in [0.1, 0.15) is 54.6 Å². The molecule has 0 aromatic heterocycles. The largest absolute Gasteiger partial charge is 0.379 e. The second-order valence-electron chi connectivity index (χ2n) is 9.25. The SMILES string of the molecule is N#Cc1ccc([N+](=O)[O-])c(NC[C@H]2CCCC3(C2)O[C@H](c2ccccc2)[C@@H](c2ccccc2)O3)c1. The fourth-order valence-corrected chi connectivity index (χ4v) is 5.24. The number of nitrogens with zero attached hydrogens (tertiary/aromatic N) is 2. The van der Waals surface area contributed by atoms with E-state index in [1.54, 1.807) is 0 Å². The highest BCUT2D eigenvalue weighted by atomic mass is 16.8. The average Bonchev–Trinajstić information content (AvgIpc) is 3.26. The van der Waals surface area contributed by atoms with Crippen LogP contribution in [0.5, 0.6) is 0 Å². The summed E-state index contributed by atoms with van der Waals surface area (Å²) in [5, 5.41) is 23.9. The van der Waals surface area contributed by atoms with Crippen LogP contribution in [0.2, 0.25) is 0 Å². The van der Waals surface area contributed by atoms with Gasteiger partial charge >= 0.3 is 0 Å². The van der Waals surface area contributed by atoms with Gasteiger partial charge in [-0.1, -0.05) is 60.7 Å². The van der Waals surface area contributed by atoms with E-state index in [0.29, 0.717) is 24.2 Å². The van der Waals surface area contributed by atoms with Gasteiger partial charge in [0.1, 0.15) is 17.9 Å². The number of nitro benzene ring substituents is 1. The fourth-order valence-electron chi connectivity index (χ4n) is 5.24. The molecule has 0 bridgehead atoms. The Morgan fingerprint density at radius 3 is 2.20 bits per heavy atom. The van der Waals surface area contributed by atoms with Crippen LogP contribution < -0.4 is 5.32 Å². The van der Waals surface area contributed by atoms with Crippen LogP contribution in [-0.4, -0.2) is 17.3 Å². The molecule has 1 aliphatic heterocycles. The number of hydrogen-bond acceptors (Lipinski definition) is 6. The highest BCUT2D eigenvalue weighted by Gasteiger charge is 2.50. The molecule has 35 heavy (non-hydrogen) atoms. The maximum Gasteiger partial charge on any atom is 0.292 e. The van der Waals surface area contributed by atoms with E-state index < -0.39 is 10.7 Å². The summed E-state index contributed by atoms with van der Waals surface area (Å²) in [6, 6.07) is 26.8. The monoisotopic (exact) mass is 469 g/mol. The lowest BCUT2D eigenvalue weighted by Crippen LogP contribution is -2.38. The molecule has 7 nitrogen and oxygen atoms in total. The number of benzene rings is 3.